The van der Waals surface area contributed by atoms with Crippen LogP contribution in [-0.2, 0) is 11.2 Å². The topological polar surface area (TPSA) is 38.5 Å². The van der Waals surface area contributed by atoms with Gasteiger partial charge in [-0.25, -0.2) is 0 Å². The molecule has 1 aliphatic heterocycles. The Morgan fingerprint density at radius 2 is 2.32 bits per heavy atom. The lowest BCUT2D eigenvalue weighted by Crippen LogP contribution is -2.31. The molecule has 4 heteroatoms. The molecule has 1 heterocycles. The highest BCUT2D eigenvalue weighted by Crippen LogP contribution is 2.29. The van der Waals surface area contributed by atoms with Crippen molar-refractivity contribution in [1.29, 1.82) is 0 Å². The molecule has 0 bridgehead atoms. The van der Waals surface area contributed by atoms with Crippen molar-refractivity contribution in [2.24, 2.45) is 5.73 Å². The average molecular weight is 283 g/mol. The predicted octanol–water partition coefficient (Wildman–Crippen LogP) is 2.84. The molecule has 2 unspecified atom stereocenters. The van der Waals surface area contributed by atoms with Gasteiger partial charge < -0.3 is 15.4 Å². The number of anilines is 1. The van der Waals surface area contributed by atoms with Crippen LogP contribution in [0.3, 0.4) is 0 Å². The van der Waals surface area contributed by atoms with Gasteiger partial charge in [0.05, 0.1) is 6.10 Å². The summed E-state index contributed by atoms with van der Waals surface area (Å²) < 4.78 is 5.71. The predicted molar refractivity (Wildman–Crippen MR) is 81.0 cm³/mol. The van der Waals surface area contributed by atoms with E-state index in [2.05, 4.69) is 17.9 Å². The van der Waals surface area contributed by atoms with Crippen LogP contribution >= 0.6 is 11.6 Å². The van der Waals surface area contributed by atoms with Crippen molar-refractivity contribution in [3.8, 4) is 0 Å². The van der Waals surface area contributed by atoms with Crippen molar-refractivity contribution in [3.05, 3.63) is 28.8 Å². The normalized spacial score (nSPS) is 22.1. The molecule has 0 saturated carbocycles. The van der Waals surface area contributed by atoms with Gasteiger partial charge in [0.2, 0.25) is 0 Å². The van der Waals surface area contributed by atoms with Crippen molar-refractivity contribution in [2.45, 2.75) is 38.8 Å². The highest BCUT2D eigenvalue weighted by molar-refractivity contribution is 6.31. The Morgan fingerprint density at radius 1 is 1.53 bits per heavy atom. The van der Waals surface area contributed by atoms with Gasteiger partial charge in [-0.1, -0.05) is 17.7 Å². The van der Waals surface area contributed by atoms with E-state index in [4.69, 9.17) is 22.1 Å². The van der Waals surface area contributed by atoms with Crippen LogP contribution in [0.5, 0.6) is 0 Å². The summed E-state index contributed by atoms with van der Waals surface area (Å²) in [7, 11) is 0. The number of benzene rings is 1. The van der Waals surface area contributed by atoms with E-state index >= 15 is 0 Å². The van der Waals surface area contributed by atoms with E-state index in [0.29, 0.717) is 0 Å². The summed E-state index contributed by atoms with van der Waals surface area (Å²) in [6.07, 6.45) is 2.11. The lowest BCUT2D eigenvalue weighted by Gasteiger charge is -2.27. The molecule has 2 rings (SSSR count). The van der Waals surface area contributed by atoms with Crippen LogP contribution in [0.4, 0.5) is 5.69 Å². The third kappa shape index (κ3) is 3.85. The summed E-state index contributed by atoms with van der Waals surface area (Å²) in [6, 6.07) is 6.21. The van der Waals surface area contributed by atoms with Gasteiger partial charge in [0.1, 0.15) is 0 Å². The molecule has 1 saturated heterocycles. The third-order valence-corrected chi connectivity index (χ3v) is 3.77. The largest absolute Gasteiger partial charge is 0.377 e. The number of halogens is 1. The van der Waals surface area contributed by atoms with Crippen LogP contribution in [0.15, 0.2) is 18.2 Å². The highest BCUT2D eigenvalue weighted by Gasteiger charge is 2.19. The van der Waals surface area contributed by atoms with Crippen molar-refractivity contribution in [2.75, 3.05) is 24.6 Å². The molecular weight excluding hydrogens is 260 g/mol. The van der Waals surface area contributed by atoms with E-state index in [0.717, 1.165) is 43.1 Å². The molecule has 2 atom stereocenters. The van der Waals surface area contributed by atoms with E-state index in [1.165, 1.54) is 5.69 Å². The molecule has 1 aromatic rings. The molecular formula is C15H23ClN2O. The number of rotatable bonds is 3. The number of hydrogen-bond acceptors (Lipinski definition) is 3. The summed E-state index contributed by atoms with van der Waals surface area (Å²) in [5.41, 5.74) is 8.32. The van der Waals surface area contributed by atoms with E-state index in [1.807, 2.05) is 19.1 Å². The van der Waals surface area contributed by atoms with Crippen LogP contribution < -0.4 is 10.6 Å². The lowest BCUT2D eigenvalue weighted by molar-refractivity contribution is 0.0821. The minimum atomic E-state index is 0.110. The summed E-state index contributed by atoms with van der Waals surface area (Å²) in [5.74, 6) is 0. The second-order valence-electron chi connectivity index (χ2n) is 5.40. The maximum Gasteiger partial charge on any atom is 0.0721 e. The first-order valence-electron chi connectivity index (χ1n) is 6.97. The van der Waals surface area contributed by atoms with Gasteiger partial charge in [-0.3, -0.25) is 0 Å². The second-order valence-corrected chi connectivity index (χ2v) is 5.81. The Balaban J connectivity index is 2.29. The minimum Gasteiger partial charge on any atom is -0.377 e. The van der Waals surface area contributed by atoms with Crippen molar-refractivity contribution < 1.29 is 4.74 Å². The third-order valence-electron chi connectivity index (χ3n) is 3.41. The zero-order chi connectivity index (χ0) is 13.8. The fourth-order valence-electron chi connectivity index (χ4n) is 2.58. The number of ether oxygens (including phenoxy) is 1. The summed E-state index contributed by atoms with van der Waals surface area (Å²) in [4.78, 5) is 2.38. The van der Waals surface area contributed by atoms with E-state index < -0.39 is 0 Å². The van der Waals surface area contributed by atoms with Gasteiger partial charge in [-0.2, -0.15) is 0 Å². The molecule has 0 radical (unpaired) electrons. The monoisotopic (exact) mass is 282 g/mol. The van der Waals surface area contributed by atoms with Gasteiger partial charge in [0.25, 0.3) is 0 Å². The van der Waals surface area contributed by atoms with Gasteiger partial charge in [0.15, 0.2) is 0 Å². The van der Waals surface area contributed by atoms with Gasteiger partial charge >= 0.3 is 0 Å². The van der Waals surface area contributed by atoms with Crippen molar-refractivity contribution in [1.82, 2.24) is 0 Å². The molecule has 0 aromatic heterocycles. The van der Waals surface area contributed by atoms with Crippen LogP contribution in [-0.4, -0.2) is 31.8 Å². The summed E-state index contributed by atoms with van der Waals surface area (Å²) >= 11 is 6.36. The Kier molecular flexibility index (Phi) is 5.08. The lowest BCUT2D eigenvalue weighted by atomic mass is 10.0. The quantitative estimate of drug-likeness (QED) is 0.926. The number of hydrogen-bond donors (Lipinski definition) is 1. The Morgan fingerprint density at radius 3 is 3.05 bits per heavy atom. The van der Waals surface area contributed by atoms with E-state index in [-0.39, 0.29) is 12.1 Å². The molecule has 2 N–H and O–H groups in total. The fourth-order valence-corrected chi connectivity index (χ4v) is 2.83. The molecule has 3 nitrogen and oxygen atoms in total. The summed E-state index contributed by atoms with van der Waals surface area (Å²) in [6.45, 7) is 6.89. The highest BCUT2D eigenvalue weighted by atomic mass is 35.5. The second kappa shape index (κ2) is 6.60. The molecule has 0 amide bonds. The molecule has 106 valence electrons. The molecule has 19 heavy (non-hydrogen) atoms. The maximum absolute atomic E-state index is 6.36. The van der Waals surface area contributed by atoms with E-state index in [9.17, 15) is 0 Å². The van der Waals surface area contributed by atoms with Gasteiger partial charge in [-0.05, 0) is 44.4 Å². The van der Waals surface area contributed by atoms with Crippen molar-refractivity contribution in [3.63, 3.8) is 0 Å². The Labute approximate surface area is 120 Å². The number of nitrogens with two attached hydrogens (primary N) is 1. The minimum absolute atomic E-state index is 0.110. The van der Waals surface area contributed by atoms with Gasteiger partial charge in [-0.15, -0.1) is 0 Å². The first-order valence-corrected chi connectivity index (χ1v) is 7.35. The fraction of sp³-hybridized carbons (Fsp3) is 0.600. The molecule has 0 spiro atoms. The Hall–Kier alpha value is -0.770. The molecule has 1 aliphatic rings. The maximum atomic E-state index is 6.36. The first kappa shape index (κ1) is 14.6. The Bertz CT molecular complexity index is 423. The first-order chi connectivity index (χ1) is 9.08. The van der Waals surface area contributed by atoms with Gasteiger partial charge in [0, 0.05) is 36.4 Å². The van der Waals surface area contributed by atoms with Crippen molar-refractivity contribution >= 4 is 17.3 Å². The zero-order valence-corrected chi connectivity index (χ0v) is 12.5. The van der Waals surface area contributed by atoms with E-state index in [1.54, 1.807) is 0 Å². The molecule has 1 fully saturated rings. The SMILES string of the molecule is CC(N)Cc1c(Cl)cccc1N1CCCOC(C)C1. The van der Waals surface area contributed by atoms with Crippen LogP contribution in [0.1, 0.15) is 25.8 Å². The van der Waals surface area contributed by atoms with Crippen LogP contribution in [0.2, 0.25) is 5.02 Å². The average Bonchev–Trinajstić information content (AvgIpc) is 2.56. The van der Waals surface area contributed by atoms with Crippen LogP contribution in [0, 0.1) is 0 Å². The summed E-state index contributed by atoms with van der Waals surface area (Å²) in [5, 5.41) is 0.813. The smallest absolute Gasteiger partial charge is 0.0721 e. The zero-order valence-electron chi connectivity index (χ0n) is 11.7. The molecule has 0 aliphatic carbocycles. The standard InChI is InChI=1S/C15H23ClN2O/c1-11(17)9-13-14(16)5-3-6-15(13)18-7-4-8-19-12(2)10-18/h3,5-6,11-12H,4,7-10,17H2,1-2H3. The van der Waals surface area contributed by atoms with Crippen LogP contribution in [0.25, 0.3) is 0 Å². The molecule has 1 aromatic carbocycles. The number of nitrogens with zero attached hydrogens (tertiary/aromatic N) is 1.